The lowest BCUT2D eigenvalue weighted by molar-refractivity contribution is 0.271. The lowest BCUT2D eigenvalue weighted by Gasteiger charge is -2.33. The van der Waals surface area contributed by atoms with Crippen molar-refractivity contribution < 1.29 is 16.8 Å². The molecule has 0 aliphatic carbocycles. The summed E-state index contributed by atoms with van der Waals surface area (Å²) >= 11 is 0. The van der Waals surface area contributed by atoms with Crippen LogP contribution in [0.1, 0.15) is 43.4 Å². The fourth-order valence-electron chi connectivity index (χ4n) is 3.27. The lowest BCUT2D eigenvalue weighted by Crippen LogP contribution is -2.46. The molecule has 136 valence electrons. The van der Waals surface area contributed by atoms with E-state index in [1.165, 1.54) is 4.31 Å². The van der Waals surface area contributed by atoms with E-state index in [1.807, 2.05) is 33.8 Å². The van der Waals surface area contributed by atoms with Crippen LogP contribution in [0.25, 0.3) is 0 Å². The zero-order valence-electron chi connectivity index (χ0n) is 15.0. The normalized spacial score (nSPS) is 22.0. The first-order chi connectivity index (χ1) is 11.0. The Hall–Kier alpha value is -0.920. The first kappa shape index (κ1) is 19.4. The van der Waals surface area contributed by atoms with Crippen molar-refractivity contribution >= 4 is 19.9 Å². The molecule has 2 atom stereocenters. The monoisotopic (exact) mass is 373 g/mol. The van der Waals surface area contributed by atoms with Crippen molar-refractivity contribution in [3.8, 4) is 0 Å². The zero-order chi connectivity index (χ0) is 18.3. The van der Waals surface area contributed by atoms with Gasteiger partial charge >= 0.3 is 0 Å². The molecule has 2 rings (SSSR count). The van der Waals surface area contributed by atoms with Gasteiger partial charge in [-0.05, 0) is 63.3 Å². The van der Waals surface area contributed by atoms with Crippen LogP contribution in [0.15, 0.2) is 17.0 Å². The smallest absolute Gasteiger partial charge is 0.229 e. The van der Waals surface area contributed by atoms with Crippen LogP contribution in [0.5, 0.6) is 0 Å². The molecular weight excluding hydrogens is 346 g/mol. The first-order valence-corrected chi connectivity index (χ1v) is 11.6. The van der Waals surface area contributed by atoms with Gasteiger partial charge in [-0.3, -0.25) is 0 Å². The second kappa shape index (κ2) is 6.77. The van der Waals surface area contributed by atoms with E-state index in [4.69, 9.17) is 0 Å². The van der Waals surface area contributed by atoms with E-state index in [1.54, 1.807) is 13.0 Å². The highest BCUT2D eigenvalue weighted by molar-refractivity contribution is 7.92. The molecule has 0 amide bonds. The number of benzene rings is 1. The van der Waals surface area contributed by atoms with Gasteiger partial charge in [-0.25, -0.2) is 16.8 Å². The molecule has 0 bridgehead atoms. The Labute approximate surface area is 146 Å². The van der Waals surface area contributed by atoms with Crippen molar-refractivity contribution in [1.82, 2.24) is 4.31 Å². The fraction of sp³-hybridized carbons (Fsp3) is 0.647. The molecule has 0 saturated carbocycles. The highest BCUT2D eigenvalue weighted by atomic mass is 32.2. The van der Waals surface area contributed by atoms with Crippen LogP contribution in [0.3, 0.4) is 0 Å². The summed E-state index contributed by atoms with van der Waals surface area (Å²) in [5.41, 5.74) is 2.67. The minimum atomic E-state index is -3.75. The van der Waals surface area contributed by atoms with Crippen molar-refractivity contribution in [1.29, 1.82) is 0 Å². The molecular formula is C17H27NO4S2. The molecule has 24 heavy (non-hydrogen) atoms. The fourth-order valence-corrected chi connectivity index (χ4v) is 7.29. The van der Waals surface area contributed by atoms with Crippen LogP contribution in [0.2, 0.25) is 0 Å². The maximum Gasteiger partial charge on any atom is 0.243 e. The standard InChI is InChI=1S/C17H27NO4S2/c1-6-15(5)18(16-7-8-23(19,20)11-16)24(21,22)17-10-13(3)12(2)9-14(17)4/h9-10,15-16H,6-8,11H2,1-5H3/t15-,16+/m1/s1. The largest absolute Gasteiger partial charge is 0.243 e. The molecule has 0 unspecified atom stereocenters. The van der Waals surface area contributed by atoms with Crippen molar-refractivity contribution in [2.24, 2.45) is 0 Å². The quantitative estimate of drug-likeness (QED) is 0.795. The molecule has 1 aliphatic heterocycles. The summed E-state index contributed by atoms with van der Waals surface area (Å²) in [4.78, 5) is 0.287. The summed E-state index contributed by atoms with van der Waals surface area (Å²) < 4.78 is 51.9. The number of hydrogen-bond donors (Lipinski definition) is 0. The maximum atomic E-state index is 13.3. The predicted octanol–water partition coefficient (Wildman–Crippen LogP) is 2.59. The molecule has 0 N–H and O–H groups in total. The minimum absolute atomic E-state index is 0.0615. The van der Waals surface area contributed by atoms with E-state index in [9.17, 15) is 16.8 Å². The number of sulfonamides is 1. The molecule has 7 heteroatoms. The Balaban J connectivity index is 2.55. The van der Waals surface area contributed by atoms with Crippen molar-refractivity contribution in [3.05, 3.63) is 28.8 Å². The number of sulfone groups is 1. The van der Waals surface area contributed by atoms with E-state index in [0.717, 1.165) is 11.1 Å². The molecule has 1 heterocycles. The van der Waals surface area contributed by atoms with Gasteiger partial charge in [-0.2, -0.15) is 4.31 Å². The van der Waals surface area contributed by atoms with Crippen LogP contribution < -0.4 is 0 Å². The molecule has 5 nitrogen and oxygen atoms in total. The Morgan fingerprint density at radius 3 is 2.25 bits per heavy atom. The molecule has 1 aromatic rings. The third-order valence-corrected chi connectivity index (χ3v) is 8.90. The van der Waals surface area contributed by atoms with Crippen LogP contribution in [0.4, 0.5) is 0 Å². The zero-order valence-corrected chi connectivity index (χ0v) is 16.7. The topological polar surface area (TPSA) is 71.5 Å². The van der Waals surface area contributed by atoms with Crippen LogP contribution in [-0.4, -0.2) is 44.7 Å². The lowest BCUT2D eigenvalue weighted by atomic mass is 10.1. The minimum Gasteiger partial charge on any atom is -0.229 e. The molecule has 0 radical (unpaired) electrons. The Morgan fingerprint density at radius 1 is 1.17 bits per heavy atom. The second-order valence-corrected chi connectivity index (χ2v) is 10.9. The SMILES string of the molecule is CC[C@@H](C)N([C@H]1CCS(=O)(=O)C1)S(=O)(=O)c1cc(C)c(C)cc1C. The Kier molecular flexibility index (Phi) is 5.47. The molecule has 0 spiro atoms. The van der Waals surface area contributed by atoms with Gasteiger partial charge < -0.3 is 0 Å². The van der Waals surface area contributed by atoms with Crippen molar-refractivity contribution in [3.63, 3.8) is 0 Å². The summed E-state index contributed by atoms with van der Waals surface area (Å²) in [5.74, 6) is -0.0213. The second-order valence-electron chi connectivity index (χ2n) is 6.85. The van der Waals surface area contributed by atoms with Crippen LogP contribution in [0, 0.1) is 20.8 Å². The van der Waals surface area contributed by atoms with Gasteiger partial charge in [0.15, 0.2) is 9.84 Å². The number of aryl methyl sites for hydroxylation is 3. The third-order valence-electron chi connectivity index (χ3n) is 4.94. The summed E-state index contributed by atoms with van der Waals surface area (Å²) in [7, 11) is -6.90. The van der Waals surface area contributed by atoms with Gasteiger partial charge in [0.25, 0.3) is 0 Å². The third kappa shape index (κ3) is 3.68. The van der Waals surface area contributed by atoms with Gasteiger partial charge in [0.1, 0.15) is 0 Å². The summed E-state index contributed by atoms with van der Waals surface area (Å²) in [6.07, 6.45) is 1.01. The predicted molar refractivity (Wildman–Crippen MR) is 96.5 cm³/mol. The highest BCUT2D eigenvalue weighted by Gasteiger charge is 2.41. The van der Waals surface area contributed by atoms with E-state index >= 15 is 0 Å². The van der Waals surface area contributed by atoms with E-state index in [-0.39, 0.29) is 22.4 Å². The van der Waals surface area contributed by atoms with Gasteiger partial charge in [-0.1, -0.05) is 13.0 Å². The molecule has 1 aromatic carbocycles. The molecule has 1 aliphatic rings. The van der Waals surface area contributed by atoms with E-state index in [0.29, 0.717) is 18.4 Å². The number of hydrogen-bond acceptors (Lipinski definition) is 4. The molecule has 1 saturated heterocycles. The van der Waals surface area contributed by atoms with Gasteiger partial charge in [0.2, 0.25) is 10.0 Å². The van der Waals surface area contributed by atoms with Crippen LogP contribution in [-0.2, 0) is 19.9 Å². The summed E-state index contributed by atoms with van der Waals surface area (Å²) in [6.45, 7) is 9.40. The summed E-state index contributed by atoms with van der Waals surface area (Å²) in [6, 6.07) is 2.87. The number of nitrogens with zero attached hydrogens (tertiary/aromatic N) is 1. The van der Waals surface area contributed by atoms with Crippen LogP contribution >= 0.6 is 0 Å². The number of rotatable bonds is 5. The maximum absolute atomic E-state index is 13.3. The molecule has 0 aromatic heterocycles. The van der Waals surface area contributed by atoms with Crippen molar-refractivity contribution in [2.45, 2.75) is 64.4 Å². The molecule has 1 fully saturated rings. The highest BCUT2D eigenvalue weighted by Crippen LogP contribution is 2.30. The van der Waals surface area contributed by atoms with Crippen molar-refractivity contribution in [2.75, 3.05) is 11.5 Å². The van der Waals surface area contributed by atoms with Gasteiger partial charge in [-0.15, -0.1) is 0 Å². The average Bonchev–Trinajstić information content (AvgIpc) is 2.82. The van der Waals surface area contributed by atoms with Gasteiger partial charge in [0, 0.05) is 12.1 Å². The first-order valence-electron chi connectivity index (χ1n) is 8.31. The average molecular weight is 374 g/mol. The Morgan fingerprint density at radius 2 is 1.75 bits per heavy atom. The van der Waals surface area contributed by atoms with E-state index < -0.39 is 25.9 Å². The van der Waals surface area contributed by atoms with Gasteiger partial charge in [0.05, 0.1) is 16.4 Å². The Bertz CT molecular complexity index is 828. The summed E-state index contributed by atoms with van der Waals surface area (Å²) in [5, 5.41) is 0. The van der Waals surface area contributed by atoms with E-state index in [2.05, 4.69) is 0 Å².